The number of rotatable bonds is 4. The van der Waals surface area contributed by atoms with Crippen LogP contribution in [-0.2, 0) is 16.1 Å². The molecule has 0 fully saturated rings. The molecule has 2 aromatic rings. The fraction of sp³-hybridized carbons (Fsp3) is 0.0833. The molecule has 0 unspecified atom stereocenters. The molecule has 0 saturated carbocycles. The lowest BCUT2D eigenvalue weighted by molar-refractivity contribution is -0.139. The van der Waals surface area contributed by atoms with E-state index in [0.29, 0.717) is 11.5 Å². The van der Waals surface area contributed by atoms with E-state index in [-0.39, 0.29) is 6.61 Å². The van der Waals surface area contributed by atoms with Crippen molar-refractivity contribution in [3.63, 3.8) is 0 Å². The van der Waals surface area contributed by atoms with Crippen molar-refractivity contribution in [1.29, 1.82) is 0 Å². The Hall–Kier alpha value is -2.23. The molecule has 0 aliphatic heterocycles. The van der Waals surface area contributed by atoms with Gasteiger partial charge in [0.1, 0.15) is 18.1 Å². The minimum absolute atomic E-state index is 0.133. The molecule has 2 rings (SSSR count). The number of furan rings is 2. The normalized spacial score (nSPS) is 10.8. The second-order valence-corrected chi connectivity index (χ2v) is 3.04. The molecule has 0 bridgehead atoms. The van der Waals surface area contributed by atoms with Crippen LogP contribution in [0, 0.1) is 0 Å². The molecule has 0 radical (unpaired) electrons. The van der Waals surface area contributed by atoms with Crippen molar-refractivity contribution in [3.8, 4) is 0 Å². The first-order valence-corrected chi connectivity index (χ1v) is 4.75. The van der Waals surface area contributed by atoms with Gasteiger partial charge >= 0.3 is 5.97 Å². The Balaban J connectivity index is 1.81. The van der Waals surface area contributed by atoms with Crippen molar-refractivity contribution >= 4 is 12.0 Å². The van der Waals surface area contributed by atoms with Gasteiger partial charge < -0.3 is 13.6 Å². The first kappa shape index (κ1) is 10.3. The Kier molecular flexibility index (Phi) is 3.23. The second-order valence-electron chi connectivity index (χ2n) is 3.04. The van der Waals surface area contributed by atoms with Crippen molar-refractivity contribution in [2.45, 2.75) is 6.61 Å². The van der Waals surface area contributed by atoms with Crippen LogP contribution in [-0.4, -0.2) is 5.97 Å². The van der Waals surface area contributed by atoms with Crippen LogP contribution in [0.2, 0.25) is 0 Å². The zero-order valence-corrected chi connectivity index (χ0v) is 8.46. The van der Waals surface area contributed by atoms with Gasteiger partial charge in [-0.3, -0.25) is 0 Å². The Morgan fingerprint density at radius 1 is 1.25 bits per heavy atom. The number of esters is 1. The molecule has 0 spiro atoms. The highest BCUT2D eigenvalue weighted by atomic mass is 16.5. The summed E-state index contributed by atoms with van der Waals surface area (Å²) in [5.41, 5.74) is 0. The van der Waals surface area contributed by atoms with Gasteiger partial charge in [0, 0.05) is 6.08 Å². The van der Waals surface area contributed by atoms with Crippen molar-refractivity contribution in [2.75, 3.05) is 0 Å². The van der Waals surface area contributed by atoms with Crippen molar-refractivity contribution < 1.29 is 18.4 Å². The van der Waals surface area contributed by atoms with Crippen molar-refractivity contribution in [2.24, 2.45) is 0 Å². The zero-order chi connectivity index (χ0) is 11.2. The molecule has 4 heteroatoms. The van der Waals surface area contributed by atoms with Crippen LogP contribution in [0.4, 0.5) is 0 Å². The SMILES string of the molecule is O=C(/C=C/c1ccco1)OCc1ccco1. The van der Waals surface area contributed by atoms with Gasteiger partial charge in [0.25, 0.3) is 0 Å². The molecule has 0 aromatic carbocycles. The first-order valence-electron chi connectivity index (χ1n) is 4.75. The van der Waals surface area contributed by atoms with E-state index < -0.39 is 5.97 Å². The van der Waals surface area contributed by atoms with E-state index >= 15 is 0 Å². The van der Waals surface area contributed by atoms with E-state index in [1.807, 2.05) is 0 Å². The topological polar surface area (TPSA) is 52.6 Å². The molecule has 0 amide bonds. The van der Waals surface area contributed by atoms with Gasteiger partial charge in [-0.25, -0.2) is 4.79 Å². The van der Waals surface area contributed by atoms with E-state index in [9.17, 15) is 4.79 Å². The Labute approximate surface area is 92.1 Å². The van der Waals surface area contributed by atoms with Crippen LogP contribution in [0.5, 0.6) is 0 Å². The summed E-state index contributed by atoms with van der Waals surface area (Å²) in [6, 6.07) is 6.97. The van der Waals surface area contributed by atoms with Gasteiger partial charge in [-0.15, -0.1) is 0 Å². The maximum Gasteiger partial charge on any atom is 0.331 e. The van der Waals surface area contributed by atoms with E-state index in [0.717, 1.165) is 0 Å². The first-order chi connectivity index (χ1) is 7.84. The molecule has 82 valence electrons. The van der Waals surface area contributed by atoms with Gasteiger partial charge in [-0.2, -0.15) is 0 Å². The fourth-order valence-electron chi connectivity index (χ4n) is 1.12. The number of hydrogen-bond acceptors (Lipinski definition) is 4. The van der Waals surface area contributed by atoms with Crippen LogP contribution in [0.15, 0.2) is 51.7 Å². The predicted octanol–water partition coefficient (Wildman–Crippen LogP) is 2.63. The Bertz CT molecular complexity index is 451. The average Bonchev–Trinajstić information content (AvgIpc) is 2.96. The van der Waals surface area contributed by atoms with Gasteiger partial charge in [0.15, 0.2) is 0 Å². The summed E-state index contributed by atoms with van der Waals surface area (Å²) in [7, 11) is 0. The summed E-state index contributed by atoms with van der Waals surface area (Å²) < 4.78 is 15.0. The Morgan fingerprint density at radius 2 is 2.06 bits per heavy atom. The van der Waals surface area contributed by atoms with E-state index in [1.54, 1.807) is 30.3 Å². The highest BCUT2D eigenvalue weighted by Crippen LogP contribution is 2.04. The minimum atomic E-state index is -0.437. The quantitative estimate of drug-likeness (QED) is 0.584. The van der Waals surface area contributed by atoms with E-state index in [2.05, 4.69) is 0 Å². The zero-order valence-electron chi connectivity index (χ0n) is 8.46. The van der Waals surface area contributed by atoms with Crippen LogP contribution in [0.25, 0.3) is 6.08 Å². The molecule has 0 aliphatic rings. The van der Waals surface area contributed by atoms with Crippen LogP contribution in [0.3, 0.4) is 0 Å². The van der Waals surface area contributed by atoms with E-state index in [1.165, 1.54) is 18.6 Å². The van der Waals surface area contributed by atoms with Crippen LogP contribution < -0.4 is 0 Å². The molecule has 0 saturated heterocycles. The van der Waals surface area contributed by atoms with Crippen molar-refractivity contribution in [3.05, 3.63) is 54.4 Å². The number of ether oxygens (including phenoxy) is 1. The minimum Gasteiger partial charge on any atom is -0.466 e. The summed E-state index contributed by atoms with van der Waals surface area (Å²) in [5.74, 6) is 0.780. The van der Waals surface area contributed by atoms with Crippen molar-refractivity contribution in [1.82, 2.24) is 0 Å². The maximum atomic E-state index is 11.2. The highest BCUT2D eigenvalue weighted by Gasteiger charge is 2.00. The second kappa shape index (κ2) is 5.02. The predicted molar refractivity (Wildman–Crippen MR) is 56.2 cm³/mol. The average molecular weight is 218 g/mol. The standard InChI is InChI=1S/C12H10O4/c13-12(6-5-10-3-1-7-14-10)16-9-11-4-2-8-15-11/h1-8H,9H2/b6-5+. The smallest absolute Gasteiger partial charge is 0.331 e. The molecule has 0 aliphatic carbocycles. The van der Waals surface area contributed by atoms with Gasteiger partial charge in [-0.05, 0) is 30.3 Å². The molecular weight excluding hydrogens is 208 g/mol. The fourth-order valence-corrected chi connectivity index (χ4v) is 1.12. The van der Waals surface area contributed by atoms with Gasteiger partial charge in [0.2, 0.25) is 0 Å². The molecule has 4 nitrogen and oxygen atoms in total. The lowest BCUT2D eigenvalue weighted by Crippen LogP contribution is -1.99. The third-order valence-corrected chi connectivity index (χ3v) is 1.86. The largest absolute Gasteiger partial charge is 0.466 e. The number of carbonyl (C=O) groups excluding carboxylic acids is 1. The van der Waals surface area contributed by atoms with Crippen LogP contribution >= 0.6 is 0 Å². The monoisotopic (exact) mass is 218 g/mol. The highest BCUT2D eigenvalue weighted by molar-refractivity contribution is 5.86. The molecule has 2 heterocycles. The summed E-state index contributed by atoms with van der Waals surface area (Å²) >= 11 is 0. The summed E-state index contributed by atoms with van der Waals surface area (Å²) in [6.45, 7) is 0.133. The summed E-state index contributed by atoms with van der Waals surface area (Å²) in [6.07, 6.45) is 5.92. The molecule has 16 heavy (non-hydrogen) atoms. The number of hydrogen-bond donors (Lipinski definition) is 0. The lowest BCUT2D eigenvalue weighted by atomic mass is 10.4. The third kappa shape index (κ3) is 2.88. The van der Waals surface area contributed by atoms with Crippen LogP contribution in [0.1, 0.15) is 11.5 Å². The lowest BCUT2D eigenvalue weighted by Gasteiger charge is -1.97. The Morgan fingerprint density at radius 3 is 2.75 bits per heavy atom. The number of carbonyl (C=O) groups is 1. The molecular formula is C12H10O4. The molecule has 0 N–H and O–H groups in total. The van der Waals surface area contributed by atoms with Gasteiger partial charge in [-0.1, -0.05) is 0 Å². The van der Waals surface area contributed by atoms with E-state index in [4.69, 9.17) is 13.6 Å². The van der Waals surface area contributed by atoms with Gasteiger partial charge in [0.05, 0.1) is 12.5 Å². The third-order valence-electron chi connectivity index (χ3n) is 1.86. The molecule has 0 atom stereocenters. The molecule has 2 aromatic heterocycles. The summed E-state index contributed by atoms with van der Waals surface area (Å²) in [5, 5.41) is 0. The summed E-state index contributed by atoms with van der Waals surface area (Å²) in [4.78, 5) is 11.2. The maximum absolute atomic E-state index is 11.2.